The fourth-order valence-corrected chi connectivity index (χ4v) is 4.02. The molecule has 3 aliphatic rings. The zero-order valence-electron chi connectivity index (χ0n) is 12.9. The number of hydrogen-bond donors (Lipinski definition) is 2. The molecule has 3 aliphatic heterocycles. The molecule has 2 saturated heterocycles. The molecule has 1 aromatic carbocycles. The highest BCUT2D eigenvalue weighted by Crippen LogP contribution is 2.32. The number of amides is 2. The smallest absolute Gasteiger partial charge is 0.257 e. The van der Waals surface area contributed by atoms with Crippen LogP contribution in [0.4, 0.5) is 10.1 Å². The maximum Gasteiger partial charge on any atom is 0.257 e. The summed E-state index contributed by atoms with van der Waals surface area (Å²) in [4.78, 5) is 26.3. The Kier molecular flexibility index (Phi) is 3.56. The predicted molar refractivity (Wildman–Crippen MR) is 83.8 cm³/mol. The molecule has 122 valence electrons. The van der Waals surface area contributed by atoms with Crippen molar-refractivity contribution in [3.8, 4) is 0 Å². The number of halogens is 1. The highest BCUT2D eigenvalue weighted by molar-refractivity contribution is 5.98. The lowest BCUT2D eigenvalue weighted by atomic mass is 9.99. The molecule has 4 rings (SSSR count). The van der Waals surface area contributed by atoms with Gasteiger partial charge in [-0.25, -0.2) is 4.39 Å². The van der Waals surface area contributed by atoms with Crippen molar-refractivity contribution in [3.05, 3.63) is 29.1 Å². The van der Waals surface area contributed by atoms with E-state index in [0.29, 0.717) is 18.5 Å². The number of rotatable bonds is 1. The van der Waals surface area contributed by atoms with E-state index in [2.05, 4.69) is 10.6 Å². The summed E-state index contributed by atoms with van der Waals surface area (Å²) < 4.78 is 14.5. The van der Waals surface area contributed by atoms with E-state index in [1.54, 1.807) is 6.07 Å². The SMILES string of the molecule is O=C1CCc2cc(C(=O)N3C4CCNCC3CC4)c(F)cc2N1. The molecule has 1 aromatic rings. The van der Waals surface area contributed by atoms with Crippen LogP contribution >= 0.6 is 0 Å². The molecule has 2 bridgehead atoms. The zero-order chi connectivity index (χ0) is 16.0. The van der Waals surface area contributed by atoms with Crippen LogP contribution in [0.15, 0.2) is 12.1 Å². The molecule has 0 saturated carbocycles. The number of anilines is 1. The molecule has 3 heterocycles. The van der Waals surface area contributed by atoms with Crippen molar-refractivity contribution < 1.29 is 14.0 Å². The van der Waals surface area contributed by atoms with E-state index < -0.39 is 5.82 Å². The first-order chi connectivity index (χ1) is 11.1. The first kappa shape index (κ1) is 14.6. The van der Waals surface area contributed by atoms with Gasteiger partial charge in [-0.2, -0.15) is 0 Å². The van der Waals surface area contributed by atoms with Crippen molar-refractivity contribution in [2.24, 2.45) is 0 Å². The van der Waals surface area contributed by atoms with Crippen molar-refractivity contribution in [1.29, 1.82) is 0 Å². The number of nitrogens with one attached hydrogen (secondary N) is 2. The van der Waals surface area contributed by atoms with Crippen LogP contribution < -0.4 is 10.6 Å². The van der Waals surface area contributed by atoms with E-state index in [0.717, 1.165) is 37.9 Å². The molecular formula is C17H20FN3O2. The third-order valence-corrected chi connectivity index (χ3v) is 5.21. The van der Waals surface area contributed by atoms with Gasteiger partial charge in [-0.3, -0.25) is 9.59 Å². The Morgan fingerprint density at radius 1 is 1.17 bits per heavy atom. The molecule has 2 unspecified atom stereocenters. The Bertz CT molecular complexity index is 662. The molecule has 0 aliphatic carbocycles. The first-order valence-corrected chi connectivity index (χ1v) is 8.29. The Hall–Kier alpha value is -1.95. The molecule has 2 atom stereocenters. The average molecular weight is 317 g/mol. The van der Waals surface area contributed by atoms with Crippen LogP contribution in [-0.2, 0) is 11.2 Å². The molecule has 23 heavy (non-hydrogen) atoms. The minimum Gasteiger partial charge on any atom is -0.331 e. The Labute approximate surface area is 134 Å². The summed E-state index contributed by atoms with van der Waals surface area (Å²) in [6.45, 7) is 1.69. The van der Waals surface area contributed by atoms with Gasteiger partial charge in [-0.15, -0.1) is 0 Å². The number of nitrogens with zero attached hydrogens (tertiary/aromatic N) is 1. The van der Waals surface area contributed by atoms with Gasteiger partial charge in [0.15, 0.2) is 0 Å². The number of carbonyl (C=O) groups excluding carboxylic acids is 2. The maximum absolute atomic E-state index is 14.5. The summed E-state index contributed by atoms with van der Waals surface area (Å²) in [6.07, 6.45) is 3.83. The Morgan fingerprint density at radius 2 is 2.00 bits per heavy atom. The largest absolute Gasteiger partial charge is 0.331 e. The summed E-state index contributed by atoms with van der Waals surface area (Å²) in [5.74, 6) is -0.862. The van der Waals surface area contributed by atoms with Gasteiger partial charge in [-0.1, -0.05) is 0 Å². The van der Waals surface area contributed by atoms with Crippen LogP contribution in [0.5, 0.6) is 0 Å². The number of benzene rings is 1. The van der Waals surface area contributed by atoms with Gasteiger partial charge in [0.05, 0.1) is 5.56 Å². The highest BCUT2D eigenvalue weighted by atomic mass is 19.1. The summed E-state index contributed by atoms with van der Waals surface area (Å²) in [6, 6.07) is 3.28. The van der Waals surface area contributed by atoms with E-state index in [9.17, 15) is 14.0 Å². The van der Waals surface area contributed by atoms with Gasteiger partial charge in [0.2, 0.25) is 5.91 Å². The minimum atomic E-state index is -0.549. The van der Waals surface area contributed by atoms with Crippen molar-refractivity contribution >= 4 is 17.5 Å². The molecular weight excluding hydrogens is 297 g/mol. The van der Waals surface area contributed by atoms with Crippen LogP contribution in [0.3, 0.4) is 0 Å². The van der Waals surface area contributed by atoms with Crippen molar-refractivity contribution in [3.63, 3.8) is 0 Å². The van der Waals surface area contributed by atoms with Crippen LogP contribution in [0.2, 0.25) is 0 Å². The second-order valence-electron chi connectivity index (χ2n) is 6.63. The van der Waals surface area contributed by atoms with E-state index in [1.807, 2.05) is 4.90 Å². The lowest BCUT2D eigenvalue weighted by molar-refractivity contribution is -0.116. The maximum atomic E-state index is 14.5. The lowest BCUT2D eigenvalue weighted by Crippen LogP contribution is -2.43. The summed E-state index contributed by atoms with van der Waals surface area (Å²) in [5.41, 5.74) is 1.48. The monoisotopic (exact) mass is 317 g/mol. The quantitative estimate of drug-likeness (QED) is 0.828. The Morgan fingerprint density at radius 3 is 2.87 bits per heavy atom. The lowest BCUT2D eigenvalue weighted by Gasteiger charge is -2.28. The van der Waals surface area contributed by atoms with E-state index >= 15 is 0 Å². The van der Waals surface area contributed by atoms with Gasteiger partial charge in [-0.05, 0) is 49.9 Å². The second-order valence-corrected chi connectivity index (χ2v) is 6.63. The summed E-state index contributed by atoms with van der Waals surface area (Å²) >= 11 is 0. The Balaban J connectivity index is 1.67. The third kappa shape index (κ3) is 2.51. The van der Waals surface area contributed by atoms with Gasteiger partial charge >= 0.3 is 0 Å². The predicted octanol–water partition coefficient (Wildman–Crippen LogP) is 1.68. The van der Waals surface area contributed by atoms with E-state index in [4.69, 9.17) is 0 Å². The third-order valence-electron chi connectivity index (χ3n) is 5.21. The molecule has 6 heteroatoms. The number of hydrogen-bond acceptors (Lipinski definition) is 3. The molecule has 0 spiro atoms. The number of aryl methyl sites for hydroxylation is 1. The number of fused-ring (bicyclic) bond motifs is 3. The van der Waals surface area contributed by atoms with Crippen LogP contribution in [0, 0.1) is 5.82 Å². The van der Waals surface area contributed by atoms with Gasteiger partial charge < -0.3 is 15.5 Å². The highest BCUT2D eigenvalue weighted by Gasteiger charge is 2.39. The number of carbonyl (C=O) groups is 2. The van der Waals surface area contributed by atoms with Crippen LogP contribution in [0.1, 0.15) is 41.6 Å². The van der Waals surface area contributed by atoms with Crippen LogP contribution in [-0.4, -0.2) is 41.9 Å². The molecule has 5 nitrogen and oxygen atoms in total. The zero-order valence-corrected chi connectivity index (χ0v) is 12.9. The molecule has 2 fully saturated rings. The van der Waals surface area contributed by atoms with Gasteiger partial charge in [0.25, 0.3) is 5.91 Å². The van der Waals surface area contributed by atoms with Crippen molar-refractivity contribution in [2.45, 2.75) is 44.2 Å². The fourth-order valence-electron chi connectivity index (χ4n) is 4.02. The molecule has 2 amide bonds. The summed E-state index contributed by atoms with van der Waals surface area (Å²) in [7, 11) is 0. The fraction of sp³-hybridized carbons (Fsp3) is 0.529. The van der Waals surface area contributed by atoms with Crippen LogP contribution in [0.25, 0.3) is 0 Å². The molecule has 0 radical (unpaired) electrons. The first-order valence-electron chi connectivity index (χ1n) is 8.29. The molecule has 0 aromatic heterocycles. The normalized spacial score (nSPS) is 26.5. The van der Waals surface area contributed by atoms with Crippen molar-refractivity contribution in [1.82, 2.24) is 10.2 Å². The van der Waals surface area contributed by atoms with Gasteiger partial charge in [0, 0.05) is 30.7 Å². The van der Waals surface area contributed by atoms with E-state index in [1.165, 1.54) is 6.07 Å². The second kappa shape index (κ2) is 5.60. The minimum absolute atomic E-state index is 0.104. The standard InChI is InChI=1S/C17H20FN3O2/c18-14-8-15-10(1-4-16(22)20-15)7-13(14)17(23)21-11-2-3-12(21)9-19-6-5-11/h7-8,11-12,19H,1-6,9H2,(H,20,22). The van der Waals surface area contributed by atoms with E-state index in [-0.39, 0.29) is 29.5 Å². The average Bonchev–Trinajstić information content (AvgIpc) is 2.79. The van der Waals surface area contributed by atoms with Crippen molar-refractivity contribution in [2.75, 3.05) is 18.4 Å². The summed E-state index contributed by atoms with van der Waals surface area (Å²) in [5, 5.41) is 6.02. The molecule has 2 N–H and O–H groups in total. The topological polar surface area (TPSA) is 61.4 Å². The van der Waals surface area contributed by atoms with Gasteiger partial charge in [0.1, 0.15) is 5.82 Å².